The average Bonchev–Trinajstić information content (AvgIpc) is 3.00. The summed E-state index contributed by atoms with van der Waals surface area (Å²) in [6, 6.07) is 18.8. The van der Waals surface area contributed by atoms with Crippen LogP contribution in [0.25, 0.3) is 0 Å². The molecule has 0 aliphatic carbocycles. The molecule has 1 aliphatic heterocycles. The van der Waals surface area contributed by atoms with E-state index in [2.05, 4.69) is 21.2 Å². The zero-order valence-electron chi connectivity index (χ0n) is 14.5. The van der Waals surface area contributed by atoms with Crippen LogP contribution in [0.3, 0.4) is 0 Å². The van der Waals surface area contributed by atoms with Crippen molar-refractivity contribution in [1.29, 1.82) is 5.26 Å². The molecule has 0 bridgehead atoms. The van der Waals surface area contributed by atoms with E-state index in [1.807, 2.05) is 48.5 Å². The normalized spacial score (nSPS) is 18.2. The Morgan fingerprint density at radius 2 is 1.89 bits per heavy atom. The summed E-state index contributed by atoms with van der Waals surface area (Å²) in [5, 5.41) is 12.0. The van der Waals surface area contributed by atoms with Crippen molar-refractivity contribution in [2.24, 2.45) is 0 Å². The maximum Gasteiger partial charge on any atom is 0.264 e. The van der Waals surface area contributed by atoms with Gasteiger partial charge in [-0.25, -0.2) is 0 Å². The highest BCUT2D eigenvalue weighted by Crippen LogP contribution is 2.41. The summed E-state index contributed by atoms with van der Waals surface area (Å²) in [5.74, 6) is -0.640. The monoisotopic (exact) mass is 441 g/mol. The van der Waals surface area contributed by atoms with Gasteiger partial charge in [-0.05, 0) is 36.2 Å². The zero-order chi connectivity index (χ0) is 19.4. The van der Waals surface area contributed by atoms with Gasteiger partial charge in [0.25, 0.3) is 5.91 Å². The zero-order valence-corrected chi connectivity index (χ0v) is 16.9. The van der Waals surface area contributed by atoms with Gasteiger partial charge < -0.3 is 5.32 Å². The van der Waals surface area contributed by atoms with Crippen molar-refractivity contribution in [3.8, 4) is 6.07 Å². The molecule has 1 aliphatic rings. The first-order chi connectivity index (χ1) is 13.0. The third-order valence-corrected chi connectivity index (χ3v) is 5.87. The minimum atomic E-state index is -0.502. The molecule has 27 heavy (non-hydrogen) atoms. The first-order valence-corrected chi connectivity index (χ1v) is 9.89. The first-order valence-electron chi connectivity index (χ1n) is 8.21. The molecule has 1 N–H and O–H groups in total. The molecule has 7 heteroatoms. The van der Waals surface area contributed by atoms with Gasteiger partial charge in [0.1, 0.15) is 16.7 Å². The molecule has 3 rings (SSSR count). The van der Waals surface area contributed by atoms with Gasteiger partial charge in [-0.2, -0.15) is 5.26 Å². The van der Waals surface area contributed by atoms with Crippen molar-refractivity contribution in [3.05, 3.63) is 75.2 Å². The number of hydrogen-bond donors (Lipinski definition) is 1. The highest BCUT2D eigenvalue weighted by Gasteiger charge is 2.40. The maximum atomic E-state index is 13.1. The molecule has 0 saturated carbocycles. The molecule has 1 fully saturated rings. The molecule has 2 aromatic rings. The van der Waals surface area contributed by atoms with Crippen LogP contribution in [-0.2, 0) is 16.0 Å². The number of para-hydroxylation sites is 1. The third kappa shape index (κ3) is 4.07. The molecule has 2 aromatic carbocycles. The largest absolute Gasteiger partial charge is 0.354 e. The molecular formula is C20H16BrN3O2S. The van der Waals surface area contributed by atoms with E-state index in [-0.39, 0.29) is 11.5 Å². The molecule has 1 atom stereocenters. The number of carbonyl (C=O) groups is 2. The van der Waals surface area contributed by atoms with Gasteiger partial charge in [-0.1, -0.05) is 58.0 Å². The SMILES string of the molecule is CNC(=O)/C(C#N)=C1/S[C@H](Cc2ccc(Br)cc2)C(=O)N1c1ccccc1. The van der Waals surface area contributed by atoms with E-state index in [0.29, 0.717) is 17.1 Å². The highest BCUT2D eigenvalue weighted by atomic mass is 79.9. The van der Waals surface area contributed by atoms with Crippen LogP contribution < -0.4 is 10.2 Å². The predicted molar refractivity (Wildman–Crippen MR) is 110 cm³/mol. The van der Waals surface area contributed by atoms with E-state index in [1.165, 1.54) is 23.7 Å². The molecule has 1 saturated heterocycles. The van der Waals surface area contributed by atoms with Crippen molar-refractivity contribution in [2.45, 2.75) is 11.7 Å². The fourth-order valence-corrected chi connectivity index (χ4v) is 4.33. The topological polar surface area (TPSA) is 73.2 Å². The second kappa shape index (κ2) is 8.42. The average molecular weight is 442 g/mol. The second-order valence-corrected chi connectivity index (χ2v) is 7.92. The molecule has 2 amide bonds. The van der Waals surface area contributed by atoms with Gasteiger partial charge in [0.2, 0.25) is 5.91 Å². The summed E-state index contributed by atoms with van der Waals surface area (Å²) < 4.78 is 0.967. The number of likely N-dealkylation sites (N-methyl/N-ethyl adjacent to an activating group) is 1. The van der Waals surface area contributed by atoms with Gasteiger partial charge in [0.05, 0.1) is 5.25 Å². The Hall–Kier alpha value is -2.56. The van der Waals surface area contributed by atoms with E-state index in [0.717, 1.165) is 10.0 Å². The van der Waals surface area contributed by atoms with Crippen molar-refractivity contribution < 1.29 is 9.59 Å². The van der Waals surface area contributed by atoms with Gasteiger partial charge in [0, 0.05) is 17.2 Å². The summed E-state index contributed by atoms with van der Waals surface area (Å²) in [4.78, 5) is 26.8. The fourth-order valence-electron chi connectivity index (χ4n) is 2.76. The number of rotatable bonds is 4. The molecule has 0 radical (unpaired) electrons. The first kappa shape index (κ1) is 19.2. The molecule has 1 heterocycles. The van der Waals surface area contributed by atoms with Crippen LogP contribution in [-0.4, -0.2) is 24.1 Å². The summed E-state index contributed by atoms with van der Waals surface area (Å²) in [6.07, 6.45) is 0.510. The molecule has 0 unspecified atom stereocenters. The number of nitrogens with one attached hydrogen (secondary N) is 1. The van der Waals surface area contributed by atoms with Crippen molar-refractivity contribution in [3.63, 3.8) is 0 Å². The van der Waals surface area contributed by atoms with Gasteiger partial charge in [-0.15, -0.1) is 0 Å². The lowest BCUT2D eigenvalue weighted by atomic mass is 10.1. The number of halogens is 1. The van der Waals surface area contributed by atoms with Crippen LogP contribution in [0, 0.1) is 11.3 Å². The van der Waals surface area contributed by atoms with Crippen molar-refractivity contribution in [2.75, 3.05) is 11.9 Å². The van der Waals surface area contributed by atoms with E-state index >= 15 is 0 Å². The quantitative estimate of drug-likeness (QED) is 0.580. The van der Waals surface area contributed by atoms with Crippen molar-refractivity contribution >= 4 is 45.2 Å². The second-order valence-electron chi connectivity index (χ2n) is 5.82. The Kier molecular flexibility index (Phi) is 5.99. The third-order valence-electron chi connectivity index (χ3n) is 4.08. The number of anilines is 1. The van der Waals surface area contributed by atoms with Gasteiger partial charge >= 0.3 is 0 Å². The number of amides is 2. The number of benzene rings is 2. The van der Waals surface area contributed by atoms with Crippen LogP contribution in [0.1, 0.15) is 5.56 Å². The molecule has 5 nitrogen and oxygen atoms in total. The Morgan fingerprint density at radius 3 is 2.48 bits per heavy atom. The van der Waals surface area contributed by atoms with Crippen LogP contribution in [0.2, 0.25) is 0 Å². The lowest BCUT2D eigenvalue weighted by Crippen LogP contribution is -2.31. The summed E-state index contributed by atoms with van der Waals surface area (Å²) in [6.45, 7) is 0. The lowest BCUT2D eigenvalue weighted by Gasteiger charge is -2.18. The fraction of sp³-hybridized carbons (Fsp3) is 0.150. The summed E-state index contributed by atoms with van der Waals surface area (Å²) >= 11 is 4.66. The number of thioether (sulfide) groups is 1. The van der Waals surface area contributed by atoms with Gasteiger partial charge in [0.15, 0.2) is 0 Å². The van der Waals surface area contributed by atoms with E-state index in [1.54, 1.807) is 12.1 Å². The van der Waals surface area contributed by atoms with Crippen molar-refractivity contribution in [1.82, 2.24) is 5.32 Å². The number of nitriles is 1. The summed E-state index contributed by atoms with van der Waals surface area (Å²) in [7, 11) is 1.47. The van der Waals surface area contributed by atoms with Crippen LogP contribution in [0.5, 0.6) is 0 Å². The smallest absolute Gasteiger partial charge is 0.264 e. The molecule has 0 spiro atoms. The minimum absolute atomic E-state index is 0.0574. The Balaban J connectivity index is 2.02. The van der Waals surface area contributed by atoms with Crippen LogP contribution in [0.4, 0.5) is 5.69 Å². The molecular weight excluding hydrogens is 426 g/mol. The molecule has 0 aromatic heterocycles. The van der Waals surface area contributed by atoms with E-state index < -0.39 is 11.2 Å². The Bertz CT molecular complexity index is 936. The number of nitrogens with zero attached hydrogens (tertiary/aromatic N) is 2. The number of hydrogen-bond acceptors (Lipinski definition) is 4. The van der Waals surface area contributed by atoms with E-state index in [9.17, 15) is 14.9 Å². The summed E-state index contributed by atoms with van der Waals surface area (Å²) in [5.41, 5.74) is 1.59. The predicted octanol–water partition coefficient (Wildman–Crippen LogP) is 3.62. The van der Waals surface area contributed by atoms with Gasteiger partial charge in [-0.3, -0.25) is 14.5 Å². The lowest BCUT2D eigenvalue weighted by molar-refractivity contribution is -0.117. The highest BCUT2D eigenvalue weighted by molar-refractivity contribution is 9.10. The number of carbonyl (C=O) groups excluding carboxylic acids is 2. The van der Waals surface area contributed by atoms with E-state index in [4.69, 9.17) is 0 Å². The Labute approximate surface area is 170 Å². The Morgan fingerprint density at radius 1 is 1.22 bits per heavy atom. The van der Waals surface area contributed by atoms with Crippen LogP contribution >= 0.6 is 27.7 Å². The standard InChI is InChI=1S/C20H16BrN3O2S/c1-23-18(25)16(12-22)20-24(15-5-3-2-4-6-15)19(26)17(27-20)11-13-7-9-14(21)10-8-13/h2-10,17H,11H2,1H3,(H,23,25)/b20-16+/t17-/m1/s1. The van der Waals surface area contributed by atoms with Crippen LogP contribution in [0.15, 0.2) is 69.7 Å². The molecule has 136 valence electrons. The maximum absolute atomic E-state index is 13.1. The minimum Gasteiger partial charge on any atom is -0.354 e.